The first kappa shape index (κ1) is 14.6. The molecule has 0 bridgehead atoms. The third-order valence-electron chi connectivity index (χ3n) is 3.50. The van der Waals surface area contributed by atoms with Gasteiger partial charge in [0.05, 0.1) is 6.04 Å². The number of nitrogens with zero attached hydrogens (tertiary/aromatic N) is 2. The third-order valence-corrected chi connectivity index (χ3v) is 4.56. The third kappa shape index (κ3) is 4.03. The zero-order valence-electron chi connectivity index (χ0n) is 11.9. The van der Waals surface area contributed by atoms with Crippen molar-refractivity contribution in [2.75, 3.05) is 7.05 Å². The Morgan fingerprint density at radius 1 is 1.29 bits per heavy atom. The van der Waals surface area contributed by atoms with Crippen molar-refractivity contribution in [1.29, 1.82) is 0 Å². The SMILES string of the molecule is CCC(NC)c1nnc(CC(C)C(C)(C)C)s1. The first-order valence-electron chi connectivity index (χ1n) is 6.38. The van der Waals surface area contributed by atoms with Gasteiger partial charge in [-0.25, -0.2) is 0 Å². The molecule has 17 heavy (non-hydrogen) atoms. The average molecular weight is 255 g/mol. The summed E-state index contributed by atoms with van der Waals surface area (Å²) in [5, 5.41) is 14.2. The molecular formula is C13H25N3S. The van der Waals surface area contributed by atoms with Gasteiger partial charge in [-0.1, -0.05) is 46.0 Å². The van der Waals surface area contributed by atoms with Crippen molar-refractivity contribution in [2.24, 2.45) is 11.3 Å². The second kappa shape index (κ2) is 5.91. The quantitative estimate of drug-likeness (QED) is 0.876. The Kier molecular flexibility index (Phi) is 5.07. The van der Waals surface area contributed by atoms with Crippen LogP contribution in [0.15, 0.2) is 0 Å². The molecule has 2 unspecified atom stereocenters. The highest BCUT2D eigenvalue weighted by Crippen LogP contribution is 2.30. The van der Waals surface area contributed by atoms with Gasteiger partial charge in [0.15, 0.2) is 0 Å². The van der Waals surface area contributed by atoms with Gasteiger partial charge in [-0.15, -0.1) is 10.2 Å². The summed E-state index contributed by atoms with van der Waals surface area (Å²) in [7, 11) is 1.98. The van der Waals surface area contributed by atoms with Crippen LogP contribution >= 0.6 is 11.3 Å². The summed E-state index contributed by atoms with van der Waals surface area (Å²) in [5.74, 6) is 0.623. The van der Waals surface area contributed by atoms with Crippen LogP contribution in [0.25, 0.3) is 0 Å². The fourth-order valence-corrected chi connectivity index (χ4v) is 2.73. The molecule has 0 spiro atoms. The zero-order valence-corrected chi connectivity index (χ0v) is 12.7. The van der Waals surface area contributed by atoms with Gasteiger partial charge >= 0.3 is 0 Å². The van der Waals surface area contributed by atoms with E-state index >= 15 is 0 Å². The normalized spacial score (nSPS) is 15.9. The van der Waals surface area contributed by atoms with Gasteiger partial charge in [0, 0.05) is 6.42 Å². The molecular weight excluding hydrogens is 230 g/mol. The highest BCUT2D eigenvalue weighted by Gasteiger charge is 2.22. The Labute approximate surface area is 109 Å². The van der Waals surface area contributed by atoms with Gasteiger partial charge < -0.3 is 5.32 Å². The molecule has 0 radical (unpaired) electrons. The molecule has 4 heteroatoms. The predicted octanol–water partition coefficient (Wildman–Crippen LogP) is 3.43. The molecule has 98 valence electrons. The van der Waals surface area contributed by atoms with Crippen molar-refractivity contribution in [3.05, 3.63) is 10.0 Å². The van der Waals surface area contributed by atoms with Crippen molar-refractivity contribution in [3.63, 3.8) is 0 Å². The van der Waals surface area contributed by atoms with Crippen LogP contribution in [0.5, 0.6) is 0 Å². The first-order chi connectivity index (χ1) is 7.88. The van der Waals surface area contributed by atoms with Crippen LogP contribution in [0.1, 0.15) is 57.1 Å². The standard InChI is InChI=1S/C13H25N3S/c1-7-10(14-6)12-16-15-11(17-12)8-9(2)13(3,4)5/h9-10,14H,7-8H2,1-6H3. The number of hydrogen-bond donors (Lipinski definition) is 1. The van der Waals surface area contributed by atoms with Crippen LogP contribution in [0.2, 0.25) is 0 Å². The smallest absolute Gasteiger partial charge is 0.134 e. The molecule has 0 aliphatic heterocycles. The Morgan fingerprint density at radius 3 is 2.41 bits per heavy atom. The molecule has 0 saturated heterocycles. The highest BCUT2D eigenvalue weighted by atomic mass is 32.1. The lowest BCUT2D eigenvalue weighted by atomic mass is 9.80. The van der Waals surface area contributed by atoms with E-state index in [1.54, 1.807) is 11.3 Å². The van der Waals surface area contributed by atoms with Crippen LogP contribution in [0.3, 0.4) is 0 Å². The minimum absolute atomic E-state index is 0.332. The summed E-state index contributed by atoms with van der Waals surface area (Å²) < 4.78 is 0. The molecule has 0 saturated carbocycles. The maximum atomic E-state index is 4.31. The first-order valence-corrected chi connectivity index (χ1v) is 7.19. The van der Waals surface area contributed by atoms with Gasteiger partial charge in [0.25, 0.3) is 0 Å². The van der Waals surface area contributed by atoms with E-state index in [1.165, 1.54) is 0 Å². The largest absolute Gasteiger partial charge is 0.311 e. The summed E-state index contributed by atoms with van der Waals surface area (Å²) in [6.45, 7) is 11.3. The highest BCUT2D eigenvalue weighted by molar-refractivity contribution is 7.11. The summed E-state index contributed by atoms with van der Waals surface area (Å²) in [6, 6.07) is 0.353. The van der Waals surface area contributed by atoms with Crippen LogP contribution in [0, 0.1) is 11.3 Å². The Morgan fingerprint density at radius 2 is 1.94 bits per heavy atom. The lowest BCUT2D eigenvalue weighted by Gasteiger charge is -2.26. The molecule has 1 heterocycles. The topological polar surface area (TPSA) is 37.8 Å². The molecule has 1 rings (SSSR count). The van der Waals surface area contributed by atoms with E-state index < -0.39 is 0 Å². The van der Waals surface area contributed by atoms with E-state index in [0.29, 0.717) is 17.4 Å². The van der Waals surface area contributed by atoms with E-state index in [2.05, 4.69) is 50.1 Å². The average Bonchev–Trinajstić information content (AvgIpc) is 2.67. The summed E-state index contributed by atoms with van der Waals surface area (Å²) in [5.41, 5.74) is 0.332. The molecule has 0 amide bonds. The maximum absolute atomic E-state index is 4.31. The molecule has 3 nitrogen and oxygen atoms in total. The van der Waals surface area contributed by atoms with E-state index in [9.17, 15) is 0 Å². The minimum Gasteiger partial charge on any atom is -0.311 e. The lowest BCUT2D eigenvalue weighted by Crippen LogP contribution is -2.19. The van der Waals surface area contributed by atoms with Gasteiger partial charge in [-0.05, 0) is 24.8 Å². The lowest BCUT2D eigenvalue weighted by molar-refractivity contribution is 0.259. The molecule has 0 aliphatic rings. The Bertz CT molecular complexity index is 337. The molecule has 1 N–H and O–H groups in total. The molecule has 1 aromatic heterocycles. The van der Waals surface area contributed by atoms with Crippen LogP contribution in [0.4, 0.5) is 0 Å². The van der Waals surface area contributed by atoms with Gasteiger partial charge in [0.2, 0.25) is 0 Å². The number of aromatic nitrogens is 2. The Hall–Kier alpha value is -0.480. The minimum atomic E-state index is 0.332. The molecule has 1 aromatic rings. The number of rotatable bonds is 5. The van der Waals surface area contributed by atoms with Crippen molar-refractivity contribution in [3.8, 4) is 0 Å². The molecule has 2 atom stereocenters. The Balaban J connectivity index is 2.69. The second-order valence-corrected chi connectivity index (χ2v) is 6.85. The van der Waals surface area contributed by atoms with E-state index in [4.69, 9.17) is 0 Å². The van der Waals surface area contributed by atoms with Crippen LogP contribution < -0.4 is 5.32 Å². The van der Waals surface area contributed by atoms with Crippen LogP contribution in [-0.4, -0.2) is 17.2 Å². The van der Waals surface area contributed by atoms with Gasteiger partial charge in [-0.3, -0.25) is 0 Å². The van der Waals surface area contributed by atoms with Crippen molar-refractivity contribution >= 4 is 11.3 Å². The molecule has 0 aromatic carbocycles. The summed E-state index contributed by atoms with van der Waals surface area (Å²) in [4.78, 5) is 0. The second-order valence-electron chi connectivity index (χ2n) is 5.75. The molecule has 0 aliphatic carbocycles. The molecule has 0 fully saturated rings. The fraction of sp³-hybridized carbons (Fsp3) is 0.846. The van der Waals surface area contributed by atoms with Gasteiger partial charge in [-0.2, -0.15) is 0 Å². The van der Waals surface area contributed by atoms with E-state index in [1.807, 2.05) is 7.05 Å². The van der Waals surface area contributed by atoms with Crippen LogP contribution in [-0.2, 0) is 6.42 Å². The predicted molar refractivity (Wildman–Crippen MR) is 74.3 cm³/mol. The van der Waals surface area contributed by atoms with Gasteiger partial charge in [0.1, 0.15) is 10.0 Å². The fourth-order valence-electron chi connectivity index (χ4n) is 1.56. The van der Waals surface area contributed by atoms with Crippen molar-refractivity contribution in [1.82, 2.24) is 15.5 Å². The maximum Gasteiger partial charge on any atom is 0.134 e. The monoisotopic (exact) mass is 255 g/mol. The number of hydrogen-bond acceptors (Lipinski definition) is 4. The summed E-state index contributed by atoms with van der Waals surface area (Å²) >= 11 is 1.75. The van der Waals surface area contributed by atoms with E-state index in [0.717, 1.165) is 22.9 Å². The number of nitrogens with one attached hydrogen (secondary N) is 1. The van der Waals surface area contributed by atoms with Crippen molar-refractivity contribution in [2.45, 2.75) is 53.5 Å². The van der Waals surface area contributed by atoms with E-state index in [-0.39, 0.29) is 0 Å². The summed E-state index contributed by atoms with van der Waals surface area (Å²) in [6.07, 6.45) is 2.08. The van der Waals surface area contributed by atoms with Crippen molar-refractivity contribution < 1.29 is 0 Å². The zero-order chi connectivity index (χ0) is 13.1.